The van der Waals surface area contributed by atoms with E-state index in [9.17, 15) is 9.59 Å². The molecule has 2 aromatic rings. The summed E-state index contributed by atoms with van der Waals surface area (Å²) in [7, 11) is 0. The molecule has 0 atom stereocenters. The van der Waals surface area contributed by atoms with Crippen molar-refractivity contribution in [2.45, 2.75) is 26.4 Å². The first-order valence-electron chi connectivity index (χ1n) is 5.11. The average molecular weight is 268 g/mol. The second-order valence-electron chi connectivity index (χ2n) is 4.62. The lowest BCUT2D eigenvalue weighted by Crippen LogP contribution is -2.23. The molecule has 0 saturated heterocycles. The second kappa shape index (κ2) is 4.23. The molecule has 2 heterocycles. The third-order valence-electron chi connectivity index (χ3n) is 1.95. The number of carbonyl (C=O) groups is 2. The van der Waals surface area contributed by atoms with E-state index >= 15 is 0 Å². The summed E-state index contributed by atoms with van der Waals surface area (Å²) in [6.07, 6.45) is 0.824. The van der Waals surface area contributed by atoms with Crippen LogP contribution in [0.2, 0.25) is 0 Å². The lowest BCUT2D eigenvalue weighted by molar-refractivity contribution is 0.00753. The van der Waals surface area contributed by atoms with Crippen molar-refractivity contribution in [3.8, 4) is 0 Å². The van der Waals surface area contributed by atoms with E-state index < -0.39 is 5.60 Å². The van der Waals surface area contributed by atoms with Crippen LogP contribution in [0.15, 0.2) is 12.1 Å². The molecule has 17 heavy (non-hydrogen) atoms. The number of aldehydes is 1. The quantitative estimate of drug-likeness (QED) is 0.615. The fraction of sp³-hybridized carbons (Fsp3) is 0.333. The summed E-state index contributed by atoms with van der Waals surface area (Å²) in [6.45, 7) is 5.52. The number of ether oxygens (including phenoxy) is 1. The first kappa shape index (κ1) is 12.3. The van der Waals surface area contributed by atoms with Crippen molar-refractivity contribution in [2.24, 2.45) is 0 Å². The zero-order valence-corrected chi connectivity index (χ0v) is 11.4. The highest BCUT2D eigenvalue weighted by atomic mass is 32.2. The molecular formula is C12H12O3S2. The minimum absolute atomic E-state index is 0.307. The van der Waals surface area contributed by atoms with Gasteiger partial charge >= 0.3 is 5.97 Å². The van der Waals surface area contributed by atoms with Gasteiger partial charge in [-0.05, 0) is 32.9 Å². The molecule has 0 fully saturated rings. The van der Waals surface area contributed by atoms with Gasteiger partial charge in [0.2, 0.25) is 0 Å². The van der Waals surface area contributed by atoms with E-state index in [2.05, 4.69) is 0 Å². The SMILES string of the molecule is CC(C)(C)OC(=O)c1cc2cc(C=O)sc2s1. The normalized spacial score (nSPS) is 11.7. The molecule has 0 aliphatic carbocycles. The smallest absolute Gasteiger partial charge is 0.348 e. The molecule has 0 spiro atoms. The van der Waals surface area contributed by atoms with Gasteiger partial charge in [0.15, 0.2) is 6.29 Å². The third-order valence-corrected chi connectivity index (χ3v) is 4.25. The van der Waals surface area contributed by atoms with Crippen molar-refractivity contribution in [3.63, 3.8) is 0 Å². The van der Waals surface area contributed by atoms with Gasteiger partial charge in [0.05, 0.1) is 8.89 Å². The molecule has 2 aromatic heterocycles. The summed E-state index contributed by atoms with van der Waals surface area (Å²) in [5, 5.41) is 0.933. The Morgan fingerprint density at radius 1 is 1.29 bits per heavy atom. The highest BCUT2D eigenvalue weighted by Gasteiger charge is 2.20. The van der Waals surface area contributed by atoms with Gasteiger partial charge in [0, 0.05) is 5.39 Å². The predicted octanol–water partition coefficient (Wildman–Crippen LogP) is 3.73. The Labute approximate surface area is 107 Å². The number of fused-ring (bicyclic) bond motifs is 1. The number of thiophene rings is 2. The number of hydrogen-bond acceptors (Lipinski definition) is 5. The van der Waals surface area contributed by atoms with E-state index in [0.717, 1.165) is 15.7 Å². The summed E-state index contributed by atoms with van der Waals surface area (Å²) >= 11 is 2.76. The van der Waals surface area contributed by atoms with E-state index in [0.29, 0.717) is 9.75 Å². The van der Waals surface area contributed by atoms with Gasteiger partial charge in [-0.25, -0.2) is 4.79 Å². The van der Waals surface area contributed by atoms with Crippen LogP contribution in [0.5, 0.6) is 0 Å². The fourth-order valence-electron chi connectivity index (χ4n) is 1.35. The lowest BCUT2D eigenvalue weighted by atomic mass is 10.2. The monoisotopic (exact) mass is 268 g/mol. The first-order valence-corrected chi connectivity index (χ1v) is 6.74. The molecule has 0 amide bonds. The summed E-state index contributed by atoms with van der Waals surface area (Å²) in [5.74, 6) is -0.307. The Hall–Kier alpha value is -1.20. The zero-order valence-electron chi connectivity index (χ0n) is 9.77. The first-order chi connectivity index (χ1) is 7.89. The van der Waals surface area contributed by atoms with E-state index in [-0.39, 0.29) is 5.97 Å². The lowest BCUT2D eigenvalue weighted by Gasteiger charge is -2.18. The Kier molecular flexibility index (Phi) is 3.05. The van der Waals surface area contributed by atoms with Crippen molar-refractivity contribution in [3.05, 3.63) is 21.9 Å². The van der Waals surface area contributed by atoms with Gasteiger partial charge in [0.25, 0.3) is 0 Å². The molecule has 90 valence electrons. The van der Waals surface area contributed by atoms with Crippen LogP contribution in [0.1, 0.15) is 40.1 Å². The van der Waals surface area contributed by atoms with Crippen molar-refractivity contribution in [1.29, 1.82) is 0 Å². The summed E-state index contributed by atoms with van der Waals surface area (Å²) in [5.41, 5.74) is -0.484. The average Bonchev–Trinajstić information content (AvgIpc) is 2.70. The number of esters is 1. The molecular weight excluding hydrogens is 256 g/mol. The molecule has 0 bridgehead atoms. The fourth-order valence-corrected chi connectivity index (χ4v) is 3.50. The van der Waals surface area contributed by atoms with Crippen LogP contribution >= 0.6 is 22.7 Å². The van der Waals surface area contributed by atoms with Gasteiger partial charge in [-0.15, -0.1) is 22.7 Å². The maximum absolute atomic E-state index is 11.8. The standard InChI is InChI=1S/C12H12O3S2/c1-12(2,3)15-10(14)9-5-7-4-8(6-13)16-11(7)17-9/h4-6H,1-3H3. The summed E-state index contributed by atoms with van der Waals surface area (Å²) in [4.78, 5) is 23.7. The highest BCUT2D eigenvalue weighted by Crippen LogP contribution is 2.33. The van der Waals surface area contributed by atoms with Crippen LogP contribution in [-0.2, 0) is 4.74 Å². The Balaban J connectivity index is 2.28. The molecule has 0 N–H and O–H groups in total. The van der Waals surface area contributed by atoms with Gasteiger partial charge < -0.3 is 4.74 Å². The maximum Gasteiger partial charge on any atom is 0.348 e. The Morgan fingerprint density at radius 3 is 2.53 bits per heavy atom. The van der Waals surface area contributed by atoms with Gasteiger partial charge in [0.1, 0.15) is 10.5 Å². The Bertz CT molecular complexity index is 541. The minimum Gasteiger partial charge on any atom is -0.456 e. The minimum atomic E-state index is -0.484. The van der Waals surface area contributed by atoms with Crippen molar-refractivity contribution in [1.82, 2.24) is 0 Å². The molecule has 0 saturated carbocycles. The molecule has 0 aliphatic heterocycles. The number of carbonyl (C=O) groups excluding carboxylic acids is 2. The molecule has 0 aromatic carbocycles. The van der Waals surface area contributed by atoms with Gasteiger partial charge in [-0.1, -0.05) is 0 Å². The number of hydrogen-bond donors (Lipinski definition) is 0. The molecule has 2 rings (SSSR count). The molecule has 3 nitrogen and oxygen atoms in total. The molecule has 0 unspecified atom stereocenters. The molecule has 5 heteroatoms. The zero-order chi connectivity index (χ0) is 12.6. The number of rotatable bonds is 2. The van der Waals surface area contributed by atoms with Crippen LogP contribution in [0, 0.1) is 0 Å². The third kappa shape index (κ3) is 2.73. The van der Waals surface area contributed by atoms with Crippen LogP contribution in [0.3, 0.4) is 0 Å². The summed E-state index contributed by atoms with van der Waals surface area (Å²) < 4.78 is 6.27. The van der Waals surface area contributed by atoms with Gasteiger partial charge in [-0.3, -0.25) is 4.79 Å². The molecule has 0 aliphatic rings. The predicted molar refractivity (Wildman–Crippen MR) is 70.3 cm³/mol. The largest absolute Gasteiger partial charge is 0.456 e. The van der Waals surface area contributed by atoms with Gasteiger partial charge in [-0.2, -0.15) is 0 Å². The van der Waals surface area contributed by atoms with Crippen LogP contribution in [0.25, 0.3) is 9.40 Å². The topological polar surface area (TPSA) is 43.4 Å². The van der Waals surface area contributed by atoms with Crippen LogP contribution < -0.4 is 0 Å². The highest BCUT2D eigenvalue weighted by molar-refractivity contribution is 7.39. The van der Waals surface area contributed by atoms with E-state index in [1.807, 2.05) is 20.8 Å². The molecule has 0 radical (unpaired) electrons. The van der Waals surface area contributed by atoms with Crippen molar-refractivity contribution >= 4 is 44.3 Å². The summed E-state index contributed by atoms with van der Waals surface area (Å²) in [6, 6.07) is 3.56. The van der Waals surface area contributed by atoms with Crippen molar-refractivity contribution in [2.75, 3.05) is 0 Å². The second-order valence-corrected chi connectivity index (χ2v) is 7.02. The van der Waals surface area contributed by atoms with Crippen LogP contribution in [-0.4, -0.2) is 17.9 Å². The maximum atomic E-state index is 11.8. The van der Waals surface area contributed by atoms with E-state index in [4.69, 9.17) is 4.74 Å². The van der Waals surface area contributed by atoms with E-state index in [1.54, 1.807) is 12.1 Å². The Morgan fingerprint density at radius 2 is 2.00 bits per heavy atom. The van der Waals surface area contributed by atoms with Crippen LogP contribution in [0.4, 0.5) is 0 Å². The van der Waals surface area contributed by atoms with Crippen molar-refractivity contribution < 1.29 is 14.3 Å². The van der Waals surface area contributed by atoms with E-state index in [1.165, 1.54) is 22.7 Å².